The van der Waals surface area contributed by atoms with Crippen LogP contribution in [0.15, 0.2) is 18.2 Å². The van der Waals surface area contributed by atoms with Gasteiger partial charge in [-0.3, -0.25) is 0 Å². The lowest BCUT2D eigenvalue weighted by molar-refractivity contribution is 0.00626. The van der Waals surface area contributed by atoms with Gasteiger partial charge in [0.1, 0.15) is 11.3 Å². The molecule has 0 fully saturated rings. The van der Waals surface area contributed by atoms with E-state index in [1.165, 1.54) is 0 Å². The highest BCUT2D eigenvalue weighted by atomic mass is 16.6. The minimum absolute atomic E-state index is 0.361. The monoisotopic (exact) mass is 193 g/mol. The molecule has 3 heteroatoms. The highest BCUT2D eigenvalue weighted by Gasteiger charge is 2.18. The molecule has 0 spiro atoms. The number of aryl methyl sites for hydroxylation is 1. The number of aromatic nitrogens is 1. The van der Waals surface area contributed by atoms with Crippen molar-refractivity contribution in [1.82, 2.24) is 4.98 Å². The Labute approximate surface area is 84.1 Å². The third-order valence-corrected chi connectivity index (χ3v) is 1.50. The van der Waals surface area contributed by atoms with E-state index < -0.39 is 5.60 Å². The van der Waals surface area contributed by atoms with Crippen LogP contribution in [0.1, 0.15) is 37.0 Å². The van der Waals surface area contributed by atoms with Crippen molar-refractivity contribution in [3.63, 3.8) is 0 Å². The average molecular weight is 193 g/mol. The molecule has 0 amide bonds. The molecule has 0 bridgehead atoms. The quantitative estimate of drug-likeness (QED) is 0.642. The maximum Gasteiger partial charge on any atom is 0.357 e. The lowest BCUT2D eigenvalue weighted by atomic mass is 10.2. The van der Waals surface area contributed by atoms with Crippen molar-refractivity contribution in [1.29, 1.82) is 0 Å². The fourth-order valence-electron chi connectivity index (χ4n) is 0.987. The van der Waals surface area contributed by atoms with E-state index in [9.17, 15) is 4.79 Å². The van der Waals surface area contributed by atoms with E-state index in [-0.39, 0.29) is 5.97 Å². The molecule has 0 aliphatic rings. The molecule has 76 valence electrons. The molecule has 0 aromatic carbocycles. The average Bonchev–Trinajstić information content (AvgIpc) is 2.01. The van der Waals surface area contributed by atoms with Gasteiger partial charge in [0.2, 0.25) is 0 Å². The van der Waals surface area contributed by atoms with Crippen LogP contribution in [-0.4, -0.2) is 16.6 Å². The lowest BCUT2D eigenvalue weighted by Crippen LogP contribution is -2.24. The first-order valence-corrected chi connectivity index (χ1v) is 4.55. The van der Waals surface area contributed by atoms with Gasteiger partial charge in [0.15, 0.2) is 0 Å². The van der Waals surface area contributed by atoms with Crippen molar-refractivity contribution >= 4 is 5.97 Å². The van der Waals surface area contributed by atoms with Gasteiger partial charge >= 0.3 is 5.97 Å². The summed E-state index contributed by atoms with van der Waals surface area (Å²) in [5, 5.41) is 0. The highest BCUT2D eigenvalue weighted by Crippen LogP contribution is 2.10. The van der Waals surface area contributed by atoms with Gasteiger partial charge in [0.05, 0.1) is 0 Å². The summed E-state index contributed by atoms with van der Waals surface area (Å²) in [6.07, 6.45) is 0. The summed E-state index contributed by atoms with van der Waals surface area (Å²) in [7, 11) is 0. The molecule has 0 aliphatic heterocycles. The summed E-state index contributed by atoms with van der Waals surface area (Å²) >= 11 is 0. The van der Waals surface area contributed by atoms with E-state index >= 15 is 0 Å². The Balaban J connectivity index is 2.80. The van der Waals surface area contributed by atoms with Crippen molar-refractivity contribution in [2.45, 2.75) is 33.3 Å². The van der Waals surface area contributed by atoms with Gasteiger partial charge in [0.25, 0.3) is 0 Å². The predicted molar refractivity (Wildman–Crippen MR) is 54.1 cm³/mol. The molecule has 0 saturated carbocycles. The second-order valence-corrected chi connectivity index (χ2v) is 4.17. The summed E-state index contributed by atoms with van der Waals surface area (Å²) in [5.74, 6) is -0.374. The molecule has 14 heavy (non-hydrogen) atoms. The van der Waals surface area contributed by atoms with Gasteiger partial charge in [-0.2, -0.15) is 0 Å². The number of pyridine rings is 1. The maximum atomic E-state index is 11.5. The second-order valence-electron chi connectivity index (χ2n) is 4.17. The Bertz CT molecular complexity index is 339. The molecule has 1 rings (SSSR count). The Hall–Kier alpha value is -1.38. The molecule has 0 radical (unpaired) electrons. The second kappa shape index (κ2) is 3.78. The van der Waals surface area contributed by atoms with Gasteiger partial charge in [-0.1, -0.05) is 6.07 Å². The number of hydrogen-bond donors (Lipinski definition) is 0. The Morgan fingerprint density at radius 3 is 2.50 bits per heavy atom. The smallest absolute Gasteiger partial charge is 0.357 e. The number of ether oxygens (including phenoxy) is 1. The first kappa shape index (κ1) is 10.7. The molecule has 0 unspecified atom stereocenters. The van der Waals surface area contributed by atoms with Crippen LogP contribution < -0.4 is 0 Å². The number of hydrogen-bond acceptors (Lipinski definition) is 3. The van der Waals surface area contributed by atoms with Crippen LogP contribution in [-0.2, 0) is 4.74 Å². The van der Waals surface area contributed by atoms with E-state index in [4.69, 9.17) is 4.74 Å². The van der Waals surface area contributed by atoms with E-state index in [0.29, 0.717) is 5.69 Å². The lowest BCUT2D eigenvalue weighted by Gasteiger charge is -2.19. The maximum absolute atomic E-state index is 11.5. The van der Waals surface area contributed by atoms with Crippen molar-refractivity contribution in [2.75, 3.05) is 0 Å². The zero-order chi connectivity index (χ0) is 10.8. The van der Waals surface area contributed by atoms with Crippen molar-refractivity contribution in [3.8, 4) is 0 Å². The van der Waals surface area contributed by atoms with Gasteiger partial charge < -0.3 is 4.74 Å². The van der Waals surface area contributed by atoms with Crippen LogP contribution in [0.4, 0.5) is 0 Å². The van der Waals surface area contributed by atoms with E-state index in [1.807, 2.05) is 33.8 Å². The number of nitrogens with zero attached hydrogens (tertiary/aromatic N) is 1. The fourth-order valence-corrected chi connectivity index (χ4v) is 0.987. The third kappa shape index (κ3) is 3.17. The number of carbonyl (C=O) groups is 1. The fraction of sp³-hybridized carbons (Fsp3) is 0.455. The van der Waals surface area contributed by atoms with Crippen LogP contribution in [0.5, 0.6) is 0 Å². The van der Waals surface area contributed by atoms with Crippen LogP contribution in [0.2, 0.25) is 0 Å². The SMILES string of the molecule is Cc1cccc(C(=O)OC(C)(C)C)n1. The number of rotatable bonds is 1. The molecule has 1 aromatic heterocycles. The van der Waals surface area contributed by atoms with Gasteiger partial charge in [-0.25, -0.2) is 9.78 Å². The third-order valence-electron chi connectivity index (χ3n) is 1.50. The standard InChI is InChI=1S/C11H15NO2/c1-8-6-5-7-9(12-8)10(13)14-11(2,3)4/h5-7H,1-4H3. The largest absolute Gasteiger partial charge is 0.455 e. The molecule has 0 saturated heterocycles. The van der Waals surface area contributed by atoms with E-state index in [0.717, 1.165) is 5.69 Å². The first-order chi connectivity index (χ1) is 6.38. The topological polar surface area (TPSA) is 39.2 Å². The van der Waals surface area contributed by atoms with Gasteiger partial charge in [-0.05, 0) is 39.8 Å². The molecule has 0 atom stereocenters. The molecule has 0 aliphatic carbocycles. The summed E-state index contributed by atoms with van der Waals surface area (Å²) in [5.41, 5.74) is 0.705. The molecular weight excluding hydrogens is 178 g/mol. The highest BCUT2D eigenvalue weighted by molar-refractivity contribution is 5.87. The summed E-state index contributed by atoms with van der Waals surface area (Å²) in [6.45, 7) is 7.34. The minimum Gasteiger partial charge on any atom is -0.455 e. The van der Waals surface area contributed by atoms with Gasteiger partial charge in [0, 0.05) is 5.69 Å². The molecule has 3 nitrogen and oxygen atoms in total. The first-order valence-electron chi connectivity index (χ1n) is 4.55. The van der Waals surface area contributed by atoms with Crippen molar-refractivity contribution < 1.29 is 9.53 Å². The van der Waals surface area contributed by atoms with Crippen molar-refractivity contribution in [3.05, 3.63) is 29.6 Å². The van der Waals surface area contributed by atoms with Crippen LogP contribution in [0.25, 0.3) is 0 Å². The van der Waals surface area contributed by atoms with Crippen LogP contribution in [0, 0.1) is 6.92 Å². The molecule has 1 heterocycles. The van der Waals surface area contributed by atoms with Crippen LogP contribution in [0.3, 0.4) is 0 Å². The Morgan fingerprint density at radius 1 is 1.36 bits per heavy atom. The number of esters is 1. The Morgan fingerprint density at radius 2 is 2.00 bits per heavy atom. The molecular formula is C11H15NO2. The van der Waals surface area contributed by atoms with Gasteiger partial charge in [-0.15, -0.1) is 0 Å². The van der Waals surface area contributed by atoms with E-state index in [2.05, 4.69) is 4.98 Å². The zero-order valence-electron chi connectivity index (χ0n) is 9.00. The van der Waals surface area contributed by atoms with Crippen LogP contribution >= 0.6 is 0 Å². The minimum atomic E-state index is -0.470. The summed E-state index contributed by atoms with van der Waals surface area (Å²) in [6, 6.07) is 5.29. The zero-order valence-corrected chi connectivity index (χ0v) is 9.00. The van der Waals surface area contributed by atoms with Crippen molar-refractivity contribution in [2.24, 2.45) is 0 Å². The normalized spacial score (nSPS) is 11.1. The summed E-state index contributed by atoms with van der Waals surface area (Å²) < 4.78 is 5.18. The molecule has 0 N–H and O–H groups in total. The predicted octanol–water partition coefficient (Wildman–Crippen LogP) is 2.35. The van der Waals surface area contributed by atoms with E-state index in [1.54, 1.807) is 12.1 Å². The summed E-state index contributed by atoms with van der Waals surface area (Å²) in [4.78, 5) is 15.6. The number of carbonyl (C=O) groups excluding carboxylic acids is 1. The Kier molecular flexibility index (Phi) is 2.89. The molecule has 1 aromatic rings.